The second-order valence-corrected chi connectivity index (χ2v) is 6.08. The Morgan fingerprint density at radius 1 is 1.00 bits per heavy atom. The maximum Gasteiger partial charge on any atom is 0.294 e. The monoisotopic (exact) mass is 370 g/mol. The van der Waals surface area contributed by atoms with E-state index in [1.165, 1.54) is 0 Å². The number of carbonyl (C=O) groups excluding carboxylic acids is 2. The zero-order chi connectivity index (χ0) is 19.6. The second-order valence-electron chi connectivity index (χ2n) is 6.08. The molecule has 1 saturated heterocycles. The highest BCUT2D eigenvalue weighted by atomic mass is 17.0. The lowest BCUT2D eigenvalue weighted by atomic mass is 9.83. The summed E-state index contributed by atoms with van der Waals surface area (Å²) < 4.78 is 5.33. The van der Waals surface area contributed by atoms with Crippen LogP contribution in [0.3, 0.4) is 0 Å². The molecule has 0 aromatic carbocycles. The molecule has 1 aliphatic heterocycles. The number of ether oxygens (including phenoxy) is 1. The van der Waals surface area contributed by atoms with Crippen LogP contribution in [0.5, 0.6) is 0 Å². The molecule has 0 aromatic rings. The summed E-state index contributed by atoms with van der Waals surface area (Å²) in [6, 6.07) is 0. The molecular formula is C15H18N2O9. The van der Waals surface area contributed by atoms with Gasteiger partial charge in [0.05, 0.1) is 12.7 Å². The third kappa shape index (κ3) is 3.87. The Bertz CT molecular complexity index is 725. The third-order valence-electron chi connectivity index (χ3n) is 4.63. The molecule has 1 aliphatic carbocycles. The largest absolute Gasteiger partial charge is 0.373 e. The molecule has 2 aliphatic rings. The van der Waals surface area contributed by atoms with E-state index in [4.69, 9.17) is 4.74 Å². The van der Waals surface area contributed by atoms with Crippen molar-refractivity contribution >= 4 is 11.6 Å². The first-order chi connectivity index (χ1) is 12.1. The number of rotatable bonds is 7. The van der Waals surface area contributed by atoms with Gasteiger partial charge >= 0.3 is 0 Å². The average molecular weight is 370 g/mol. The molecule has 142 valence electrons. The fraction of sp³-hybridized carbons (Fsp3) is 0.600. The van der Waals surface area contributed by atoms with E-state index < -0.39 is 28.5 Å². The topological polar surface area (TPSA) is 148 Å². The highest BCUT2D eigenvalue weighted by molar-refractivity contribution is 6.24. The van der Waals surface area contributed by atoms with Gasteiger partial charge in [-0.15, -0.1) is 20.2 Å². The van der Waals surface area contributed by atoms with E-state index in [0.29, 0.717) is 22.3 Å². The molecule has 1 unspecified atom stereocenters. The Hall–Kier alpha value is -2.82. The minimum atomic E-state index is -1.30. The van der Waals surface area contributed by atoms with Crippen molar-refractivity contribution in [3.8, 4) is 0 Å². The van der Waals surface area contributed by atoms with Gasteiger partial charge in [0, 0.05) is 22.3 Å². The van der Waals surface area contributed by atoms with Crippen molar-refractivity contribution in [1.29, 1.82) is 0 Å². The minimum absolute atomic E-state index is 0.105. The maximum absolute atomic E-state index is 12.4. The van der Waals surface area contributed by atoms with E-state index in [-0.39, 0.29) is 31.0 Å². The SMILES string of the molecule is CC1=C(C)C(=O)C(CCC2OC[C@@H](O[N+](=O)[O-])[C@H]2O[N+](=O)[O-])=C(C)C1=O. The predicted octanol–water partition coefficient (Wildman–Crippen LogP) is 1.12. The number of ketones is 2. The molecule has 1 fully saturated rings. The highest BCUT2D eigenvalue weighted by Gasteiger charge is 2.43. The lowest BCUT2D eigenvalue weighted by Gasteiger charge is -2.22. The zero-order valence-electron chi connectivity index (χ0n) is 14.4. The molecule has 0 radical (unpaired) electrons. The Morgan fingerprint density at radius 3 is 2.15 bits per heavy atom. The van der Waals surface area contributed by atoms with Gasteiger partial charge in [0.15, 0.2) is 23.8 Å². The number of nitrogens with zero attached hydrogens (tertiary/aromatic N) is 2. The van der Waals surface area contributed by atoms with Crippen LogP contribution in [-0.4, -0.2) is 46.7 Å². The number of allylic oxidation sites excluding steroid dienone is 4. The van der Waals surface area contributed by atoms with Crippen molar-refractivity contribution in [2.24, 2.45) is 0 Å². The van der Waals surface area contributed by atoms with Crippen LogP contribution in [0.4, 0.5) is 0 Å². The Labute approximate surface area is 147 Å². The number of Topliss-reactive ketones (excluding diaryl/α,β-unsaturated/α-hetero) is 2. The summed E-state index contributed by atoms with van der Waals surface area (Å²) in [7, 11) is 0. The third-order valence-corrected chi connectivity index (χ3v) is 4.63. The van der Waals surface area contributed by atoms with Gasteiger partial charge in [-0.1, -0.05) is 0 Å². The van der Waals surface area contributed by atoms with E-state index >= 15 is 0 Å². The molecular weight excluding hydrogens is 352 g/mol. The van der Waals surface area contributed by atoms with Crippen LogP contribution in [0.2, 0.25) is 0 Å². The fourth-order valence-corrected chi connectivity index (χ4v) is 3.07. The molecule has 11 heteroatoms. The van der Waals surface area contributed by atoms with Crippen LogP contribution in [-0.2, 0) is 24.0 Å². The van der Waals surface area contributed by atoms with Crippen molar-refractivity contribution in [2.45, 2.75) is 51.9 Å². The quantitative estimate of drug-likeness (QED) is 0.365. The molecule has 0 N–H and O–H groups in total. The van der Waals surface area contributed by atoms with Gasteiger partial charge in [0.2, 0.25) is 0 Å². The van der Waals surface area contributed by atoms with Gasteiger partial charge in [-0.3, -0.25) is 9.59 Å². The van der Waals surface area contributed by atoms with Gasteiger partial charge < -0.3 is 14.4 Å². The van der Waals surface area contributed by atoms with Gasteiger partial charge in [0.25, 0.3) is 10.2 Å². The maximum atomic E-state index is 12.4. The van der Waals surface area contributed by atoms with Crippen molar-refractivity contribution in [3.63, 3.8) is 0 Å². The van der Waals surface area contributed by atoms with Crippen molar-refractivity contribution < 1.29 is 34.2 Å². The fourth-order valence-electron chi connectivity index (χ4n) is 3.07. The molecule has 2 rings (SSSR count). The second kappa shape index (κ2) is 7.60. The Morgan fingerprint density at radius 2 is 1.58 bits per heavy atom. The first-order valence-corrected chi connectivity index (χ1v) is 7.84. The van der Waals surface area contributed by atoms with Gasteiger partial charge in [0.1, 0.15) is 0 Å². The van der Waals surface area contributed by atoms with Crippen LogP contribution < -0.4 is 0 Å². The van der Waals surface area contributed by atoms with Crippen LogP contribution in [0.25, 0.3) is 0 Å². The molecule has 0 spiro atoms. The molecule has 26 heavy (non-hydrogen) atoms. The highest BCUT2D eigenvalue weighted by Crippen LogP contribution is 2.30. The van der Waals surface area contributed by atoms with Crippen LogP contribution >= 0.6 is 0 Å². The van der Waals surface area contributed by atoms with E-state index in [2.05, 4.69) is 9.68 Å². The van der Waals surface area contributed by atoms with Crippen LogP contribution in [0.15, 0.2) is 22.3 Å². The van der Waals surface area contributed by atoms with E-state index in [9.17, 15) is 29.8 Å². The standard InChI is InChI=1S/C15H18N2O9/c1-7-8(2)14(19)10(9(3)13(7)18)4-5-11-15(26-17(22)23)12(6-24-11)25-16(20)21/h11-12,15H,4-6H2,1-3H3/t11?,12-,15+/m1/s1. The molecule has 0 saturated carbocycles. The molecule has 3 atom stereocenters. The zero-order valence-corrected chi connectivity index (χ0v) is 14.4. The first-order valence-electron chi connectivity index (χ1n) is 7.84. The minimum Gasteiger partial charge on any atom is -0.373 e. The summed E-state index contributed by atoms with van der Waals surface area (Å²) in [5, 5.41) is 19.0. The van der Waals surface area contributed by atoms with Crippen molar-refractivity contribution in [1.82, 2.24) is 0 Å². The molecule has 1 heterocycles. The molecule has 0 bridgehead atoms. The van der Waals surface area contributed by atoms with E-state index in [1.807, 2.05) is 0 Å². The average Bonchev–Trinajstić information content (AvgIpc) is 2.92. The molecule has 11 nitrogen and oxygen atoms in total. The predicted molar refractivity (Wildman–Crippen MR) is 83.8 cm³/mol. The lowest BCUT2D eigenvalue weighted by Crippen LogP contribution is -2.38. The van der Waals surface area contributed by atoms with Crippen LogP contribution in [0.1, 0.15) is 33.6 Å². The summed E-state index contributed by atoms with van der Waals surface area (Å²) in [6.07, 6.45) is -3.21. The lowest BCUT2D eigenvalue weighted by molar-refractivity contribution is -0.797. The number of carbonyl (C=O) groups is 2. The smallest absolute Gasteiger partial charge is 0.294 e. The van der Waals surface area contributed by atoms with Gasteiger partial charge in [-0.25, -0.2) is 0 Å². The molecule has 0 aromatic heterocycles. The molecule has 0 amide bonds. The summed E-state index contributed by atoms with van der Waals surface area (Å²) in [6.45, 7) is 4.43. The van der Waals surface area contributed by atoms with Gasteiger partial charge in [-0.2, -0.15) is 0 Å². The van der Waals surface area contributed by atoms with E-state index in [1.54, 1.807) is 20.8 Å². The summed E-state index contributed by atoms with van der Waals surface area (Å²) in [4.78, 5) is 54.6. The number of hydrogen-bond acceptors (Lipinski definition) is 9. The Kier molecular flexibility index (Phi) is 5.70. The van der Waals surface area contributed by atoms with Crippen molar-refractivity contribution in [3.05, 3.63) is 42.5 Å². The van der Waals surface area contributed by atoms with E-state index in [0.717, 1.165) is 0 Å². The summed E-state index contributed by atoms with van der Waals surface area (Å²) >= 11 is 0. The Balaban J connectivity index is 2.12. The summed E-state index contributed by atoms with van der Waals surface area (Å²) in [5.74, 6) is -0.487. The first kappa shape index (κ1) is 19.5. The number of hydrogen-bond donors (Lipinski definition) is 0. The van der Waals surface area contributed by atoms with Gasteiger partial charge in [-0.05, 0) is 33.6 Å². The van der Waals surface area contributed by atoms with Crippen molar-refractivity contribution in [2.75, 3.05) is 6.61 Å². The van der Waals surface area contributed by atoms with Crippen LogP contribution in [0, 0.1) is 20.2 Å². The normalized spacial score (nSPS) is 26.3. The summed E-state index contributed by atoms with van der Waals surface area (Å²) in [5.41, 5.74) is 1.37.